The molecule has 0 unspecified atom stereocenters. The molecule has 0 fully saturated rings. The van der Waals surface area contributed by atoms with Gasteiger partial charge in [0.15, 0.2) is 0 Å². The Balaban J connectivity index is 2.15. The lowest BCUT2D eigenvalue weighted by Gasteiger charge is -2.07. The minimum absolute atomic E-state index is 0.0574. The number of carbonyl (C=O) groups excluding carboxylic acids is 2. The number of rotatable bonds is 9. The molecule has 0 aliphatic carbocycles. The number of carbonyl (C=O) groups is 2. The maximum atomic E-state index is 11.8. The Bertz CT molecular complexity index is 446. The fourth-order valence-corrected chi connectivity index (χ4v) is 1.57. The smallest absolute Gasteiger partial charge is 0.251 e. The van der Waals surface area contributed by atoms with E-state index in [0.29, 0.717) is 31.0 Å². The van der Waals surface area contributed by atoms with Crippen LogP contribution >= 0.6 is 0 Å². The first-order valence-corrected chi connectivity index (χ1v) is 7.11. The van der Waals surface area contributed by atoms with Crippen LogP contribution in [0, 0.1) is 0 Å². The van der Waals surface area contributed by atoms with Crippen molar-refractivity contribution >= 4 is 17.5 Å². The number of anilines is 1. The van der Waals surface area contributed by atoms with Gasteiger partial charge in [-0.2, -0.15) is 0 Å². The molecular weight excluding hydrogens is 270 g/mol. The van der Waals surface area contributed by atoms with Crippen molar-refractivity contribution in [1.82, 2.24) is 10.6 Å². The van der Waals surface area contributed by atoms with Crippen molar-refractivity contribution in [3.8, 4) is 0 Å². The van der Waals surface area contributed by atoms with Crippen LogP contribution in [0.15, 0.2) is 24.3 Å². The lowest BCUT2D eigenvalue weighted by atomic mass is 10.2. The van der Waals surface area contributed by atoms with Crippen LogP contribution < -0.4 is 16.4 Å². The monoisotopic (exact) mass is 293 g/mol. The zero-order valence-corrected chi connectivity index (χ0v) is 12.4. The number of benzene rings is 1. The van der Waals surface area contributed by atoms with E-state index in [1.165, 1.54) is 0 Å². The molecule has 1 rings (SSSR count). The lowest BCUT2D eigenvalue weighted by Crippen LogP contribution is -2.38. The van der Waals surface area contributed by atoms with Crippen LogP contribution in [0.2, 0.25) is 0 Å². The van der Waals surface area contributed by atoms with Gasteiger partial charge in [-0.05, 0) is 30.7 Å². The fraction of sp³-hybridized carbons (Fsp3) is 0.467. The summed E-state index contributed by atoms with van der Waals surface area (Å²) >= 11 is 0. The number of hydrogen-bond acceptors (Lipinski definition) is 4. The van der Waals surface area contributed by atoms with Gasteiger partial charge in [0.1, 0.15) is 0 Å². The Labute approximate surface area is 125 Å². The van der Waals surface area contributed by atoms with Crippen LogP contribution in [0.25, 0.3) is 0 Å². The van der Waals surface area contributed by atoms with Gasteiger partial charge in [-0.1, -0.05) is 13.3 Å². The van der Waals surface area contributed by atoms with Crippen LogP contribution in [0.1, 0.15) is 30.1 Å². The van der Waals surface area contributed by atoms with Gasteiger partial charge in [0.2, 0.25) is 5.91 Å². The standard InChI is InChI=1S/C15H23N3O3/c1-2-3-9-21-10-8-17-14(19)11-18-15(20)12-4-6-13(16)7-5-12/h4-7H,2-3,8-11,16H2,1H3,(H,17,19)(H,18,20). The lowest BCUT2D eigenvalue weighted by molar-refractivity contribution is -0.120. The molecule has 21 heavy (non-hydrogen) atoms. The fourth-order valence-electron chi connectivity index (χ4n) is 1.57. The van der Waals surface area contributed by atoms with Gasteiger partial charge in [-0.15, -0.1) is 0 Å². The first-order chi connectivity index (χ1) is 10.1. The summed E-state index contributed by atoms with van der Waals surface area (Å²) in [4.78, 5) is 23.3. The molecule has 0 aliphatic rings. The second-order valence-electron chi connectivity index (χ2n) is 4.62. The van der Waals surface area contributed by atoms with E-state index < -0.39 is 0 Å². The molecule has 6 heteroatoms. The molecule has 0 atom stereocenters. The predicted octanol–water partition coefficient (Wildman–Crippen LogP) is 0.932. The van der Waals surface area contributed by atoms with Crippen molar-refractivity contribution in [1.29, 1.82) is 0 Å². The SMILES string of the molecule is CCCCOCCNC(=O)CNC(=O)c1ccc(N)cc1. The minimum Gasteiger partial charge on any atom is -0.399 e. The second-order valence-corrected chi connectivity index (χ2v) is 4.62. The topological polar surface area (TPSA) is 93.5 Å². The maximum Gasteiger partial charge on any atom is 0.251 e. The minimum atomic E-state index is -0.302. The van der Waals surface area contributed by atoms with E-state index in [0.717, 1.165) is 12.8 Å². The van der Waals surface area contributed by atoms with Crippen molar-refractivity contribution in [2.75, 3.05) is 32.0 Å². The van der Waals surface area contributed by atoms with Gasteiger partial charge in [-0.3, -0.25) is 9.59 Å². The maximum absolute atomic E-state index is 11.8. The van der Waals surface area contributed by atoms with Crippen LogP contribution in [-0.4, -0.2) is 38.1 Å². The average molecular weight is 293 g/mol. The predicted molar refractivity (Wildman–Crippen MR) is 81.9 cm³/mol. The van der Waals surface area contributed by atoms with E-state index in [1.807, 2.05) is 0 Å². The summed E-state index contributed by atoms with van der Waals surface area (Å²) in [6.45, 7) is 3.67. The summed E-state index contributed by atoms with van der Waals surface area (Å²) in [6, 6.07) is 6.51. The molecule has 0 spiro atoms. The molecule has 1 aromatic carbocycles. The van der Waals surface area contributed by atoms with Crippen molar-refractivity contribution < 1.29 is 14.3 Å². The number of nitrogen functional groups attached to an aromatic ring is 1. The number of ether oxygens (including phenoxy) is 1. The molecule has 4 N–H and O–H groups in total. The first-order valence-electron chi connectivity index (χ1n) is 7.11. The Morgan fingerprint density at radius 1 is 1.14 bits per heavy atom. The van der Waals surface area contributed by atoms with Gasteiger partial charge >= 0.3 is 0 Å². The molecule has 0 radical (unpaired) electrons. The van der Waals surface area contributed by atoms with E-state index in [-0.39, 0.29) is 18.4 Å². The molecule has 0 aromatic heterocycles. The third-order valence-corrected chi connectivity index (χ3v) is 2.79. The Kier molecular flexibility index (Phi) is 7.89. The first kappa shape index (κ1) is 17.0. The van der Waals surface area contributed by atoms with Crippen LogP contribution in [0.5, 0.6) is 0 Å². The number of amides is 2. The highest BCUT2D eigenvalue weighted by Crippen LogP contribution is 2.04. The molecule has 116 valence electrons. The van der Waals surface area contributed by atoms with Gasteiger partial charge in [0.05, 0.1) is 13.2 Å². The van der Waals surface area contributed by atoms with Gasteiger partial charge in [0, 0.05) is 24.4 Å². The van der Waals surface area contributed by atoms with E-state index in [4.69, 9.17) is 10.5 Å². The summed E-state index contributed by atoms with van der Waals surface area (Å²) in [7, 11) is 0. The summed E-state index contributed by atoms with van der Waals surface area (Å²) in [5.74, 6) is -0.540. The molecule has 0 saturated carbocycles. The zero-order chi connectivity index (χ0) is 15.5. The molecule has 0 saturated heterocycles. The Hall–Kier alpha value is -2.08. The van der Waals surface area contributed by atoms with E-state index >= 15 is 0 Å². The highest BCUT2D eigenvalue weighted by Gasteiger charge is 2.07. The van der Waals surface area contributed by atoms with Crippen molar-refractivity contribution in [2.45, 2.75) is 19.8 Å². The van der Waals surface area contributed by atoms with Crippen LogP contribution in [-0.2, 0) is 9.53 Å². The van der Waals surface area contributed by atoms with Gasteiger partial charge < -0.3 is 21.1 Å². The van der Waals surface area contributed by atoms with E-state index in [1.54, 1.807) is 24.3 Å². The molecule has 0 heterocycles. The van der Waals surface area contributed by atoms with E-state index in [9.17, 15) is 9.59 Å². The van der Waals surface area contributed by atoms with Gasteiger partial charge in [-0.25, -0.2) is 0 Å². The van der Waals surface area contributed by atoms with Crippen LogP contribution in [0.3, 0.4) is 0 Å². The third-order valence-electron chi connectivity index (χ3n) is 2.79. The number of hydrogen-bond donors (Lipinski definition) is 3. The highest BCUT2D eigenvalue weighted by molar-refractivity contribution is 5.96. The quantitative estimate of drug-likeness (QED) is 0.466. The molecule has 2 amide bonds. The van der Waals surface area contributed by atoms with Crippen molar-refractivity contribution in [3.05, 3.63) is 29.8 Å². The largest absolute Gasteiger partial charge is 0.399 e. The van der Waals surface area contributed by atoms with Crippen molar-refractivity contribution in [3.63, 3.8) is 0 Å². The second kappa shape index (κ2) is 9.77. The summed E-state index contributed by atoms with van der Waals surface area (Å²) < 4.78 is 5.32. The number of nitrogens with two attached hydrogens (primary N) is 1. The van der Waals surface area contributed by atoms with Crippen LogP contribution in [0.4, 0.5) is 5.69 Å². The van der Waals surface area contributed by atoms with Gasteiger partial charge in [0.25, 0.3) is 5.91 Å². The summed E-state index contributed by atoms with van der Waals surface area (Å²) in [5.41, 5.74) is 6.60. The molecule has 6 nitrogen and oxygen atoms in total. The van der Waals surface area contributed by atoms with Crippen molar-refractivity contribution in [2.24, 2.45) is 0 Å². The molecule has 1 aromatic rings. The zero-order valence-electron chi connectivity index (χ0n) is 12.4. The molecule has 0 bridgehead atoms. The normalized spacial score (nSPS) is 10.1. The average Bonchev–Trinajstić information content (AvgIpc) is 2.49. The number of nitrogens with one attached hydrogen (secondary N) is 2. The molecule has 0 aliphatic heterocycles. The number of unbranched alkanes of at least 4 members (excludes halogenated alkanes) is 1. The third kappa shape index (κ3) is 7.31. The Morgan fingerprint density at radius 3 is 2.52 bits per heavy atom. The summed E-state index contributed by atoms with van der Waals surface area (Å²) in [6.07, 6.45) is 2.11. The summed E-state index contributed by atoms with van der Waals surface area (Å²) in [5, 5.41) is 5.22. The Morgan fingerprint density at radius 2 is 1.86 bits per heavy atom. The van der Waals surface area contributed by atoms with E-state index in [2.05, 4.69) is 17.6 Å². The highest BCUT2D eigenvalue weighted by atomic mass is 16.5. The molecular formula is C15H23N3O3.